The van der Waals surface area contributed by atoms with Crippen molar-refractivity contribution in [2.45, 2.75) is 0 Å². The zero-order valence-electron chi connectivity index (χ0n) is 5.67. The van der Waals surface area contributed by atoms with Crippen LogP contribution in [0.1, 0.15) is 0 Å². The smallest absolute Gasteiger partial charge is 0.356 e. The van der Waals surface area contributed by atoms with Crippen LogP contribution in [-0.4, -0.2) is 15.3 Å². The minimum absolute atomic E-state index is 0. The van der Waals surface area contributed by atoms with Gasteiger partial charge < -0.3 is 46.0 Å². The van der Waals surface area contributed by atoms with Crippen LogP contribution in [0, 0.1) is 46.0 Å². The van der Waals surface area contributed by atoms with Gasteiger partial charge in [0.1, 0.15) is 0 Å². The van der Waals surface area contributed by atoms with Gasteiger partial charge in [-0.2, -0.15) is 0 Å². The fourth-order valence-electron chi connectivity index (χ4n) is 0. The molecule has 0 aliphatic rings. The van der Waals surface area contributed by atoms with E-state index in [9.17, 15) is 0 Å². The maximum atomic E-state index is 8.25. The van der Waals surface area contributed by atoms with Crippen LogP contribution in [0.5, 0.6) is 0 Å². The van der Waals surface area contributed by atoms with Crippen molar-refractivity contribution in [2.24, 2.45) is 0 Å². The molecule has 1 radical (unpaired) electrons. The molecule has 0 aromatic heterocycles. The Labute approximate surface area is 95.8 Å². The van der Waals surface area contributed by atoms with Crippen molar-refractivity contribution in [3.05, 3.63) is 46.0 Å². The van der Waals surface area contributed by atoms with Crippen molar-refractivity contribution in [1.82, 2.24) is 0 Å². The molecule has 89 valence electrons. The SMILES string of the molecule is O=[N+]([O-])[O-].O=[N+]([O-])[O-].O=[N+]([O-])[O-].[Cu+2].[Fe]. The molecule has 0 spiro atoms. The Morgan fingerprint density at radius 3 is 0.571 bits per heavy atom. The molecule has 0 unspecified atom stereocenters. The minimum atomic E-state index is -1.75. The van der Waals surface area contributed by atoms with E-state index in [-0.39, 0.29) is 34.1 Å². The van der Waals surface area contributed by atoms with Crippen molar-refractivity contribution < 1.29 is 49.4 Å². The fraction of sp³-hybridized carbons (Fsp3) is 0. The van der Waals surface area contributed by atoms with Gasteiger partial charge in [0, 0.05) is 17.1 Å². The molecule has 0 aliphatic heterocycles. The third-order valence-electron chi connectivity index (χ3n) is 0. The first kappa shape index (κ1) is 29.3. The topological polar surface area (TPSA) is 199 Å². The van der Waals surface area contributed by atoms with E-state index in [1.165, 1.54) is 0 Å². The molecule has 0 N–H and O–H groups in total. The Kier molecular flexibility index (Phi) is 47.3. The van der Waals surface area contributed by atoms with Crippen molar-refractivity contribution >= 4 is 0 Å². The summed E-state index contributed by atoms with van der Waals surface area (Å²) in [6, 6.07) is 0. The van der Waals surface area contributed by atoms with Gasteiger partial charge in [-0.1, -0.05) is 0 Å². The summed E-state index contributed by atoms with van der Waals surface area (Å²) in [6.45, 7) is 0. The summed E-state index contributed by atoms with van der Waals surface area (Å²) >= 11 is 0. The molecule has 12 nitrogen and oxygen atoms in total. The van der Waals surface area contributed by atoms with E-state index in [0.29, 0.717) is 0 Å². The van der Waals surface area contributed by atoms with E-state index < -0.39 is 15.3 Å². The first-order valence-corrected chi connectivity index (χ1v) is 1.64. The molecule has 0 atom stereocenters. The van der Waals surface area contributed by atoms with Gasteiger partial charge in [-0.25, -0.2) is 0 Å². The van der Waals surface area contributed by atoms with Crippen molar-refractivity contribution in [3.63, 3.8) is 0 Å². The third kappa shape index (κ3) is 534. The van der Waals surface area contributed by atoms with Gasteiger partial charge >= 0.3 is 17.1 Å². The summed E-state index contributed by atoms with van der Waals surface area (Å²) in [6.07, 6.45) is 0. The molecular formula is CuFeN3O9-. The maximum Gasteiger partial charge on any atom is 2.00 e. The van der Waals surface area contributed by atoms with Gasteiger partial charge in [0.05, 0.1) is 15.3 Å². The van der Waals surface area contributed by atoms with Crippen LogP contribution >= 0.6 is 0 Å². The fourth-order valence-corrected chi connectivity index (χ4v) is 0. The number of hydrogen-bond donors (Lipinski definition) is 0. The van der Waals surface area contributed by atoms with Crippen molar-refractivity contribution in [2.75, 3.05) is 0 Å². The number of hydrogen-bond acceptors (Lipinski definition) is 9. The third-order valence-corrected chi connectivity index (χ3v) is 0. The number of nitrogens with zero attached hydrogens (tertiary/aromatic N) is 3. The van der Waals surface area contributed by atoms with Crippen LogP contribution in [0.3, 0.4) is 0 Å². The quantitative estimate of drug-likeness (QED) is 0.314. The molecule has 0 amide bonds. The average molecular weight is 305 g/mol. The van der Waals surface area contributed by atoms with Gasteiger partial charge in [-0.3, -0.25) is 0 Å². The second-order valence-electron chi connectivity index (χ2n) is 0.671. The zero-order valence-corrected chi connectivity index (χ0v) is 7.72. The molecule has 0 aromatic rings. The molecule has 0 fully saturated rings. The molecule has 14 heavy (non-hydrogen) atoms. The van der Waals surface area contributed by atoms with Crippen molar-refractivity contribution in [3.8, 4) is 0 Å². The maximum absolute atomic E-state index is 8.25. The van der Waals surface area contributed by atoms with Crippen LogP contribution in [0.2, 0.25) is 0 Å². The molecule has 0 heterocycles. The predicted octanol–water partition coefficient (Wildman–Crippen LogP) is -0.722. The molecule has 14 heteroatoms. The number of rotatable bonds is 0. The first-order valence-electron chi connectivity index (χ1n) is 1.64. The predicted molar refractivity (Wildman–Crippen MR) is 31.1 cm³/mol. The second-order valence-corrected chi connectivity index (χ2v) is 0.671. The summed E-state index contributed by atoms with van der Waals surface area (Å²) in [5, 5.41) is 44.2. The van der Waals surface area contributed by atoms with Gasteiger partial charge in [-0.05, 0) is 0 Å². The molecule has 0 aromatic carbocycles. The van der Waals surface area contributed by atoms with Gasteiger partial charge in [0.2, 0.25) is 0 Å². The Balaban J connectivity index is -0.0000000270. The van der Waals surface area contributed by atoms with E-state index in [2.05, 4.69) is 0 Å². The van der Waals surface area contributed by atoms with E-state index in [1.54, 1.807) is 0 Å². The van der Waals surface area contributed by atoms with Crippen LogP contribution in [0.4, 0.5) is 0 Å². The van der Waals surface area contributed by atoms with Crippen molar-refractivity contribution in [1.29, 1.82) is 0 Å². The molecule has 0 rings (SSSR count). The molecule has 0 aliphatic carbocycles. The largest absolute Gasteiger partial charge is 2.00 e. The molecule has 0 saturated heterocycles. The normalized spacial score (nSPS) is 5.14. The Bertz CT molecular complexity index is 118. The Morgan fingerprint density at radius 2 is 0.571 bits per heavy atom. The monoisotopic (exact) mass is 305 g/mol. The average Bonchev–Trinajstić information content (AvgIpc) is 1.54. The Morgan fingerprint density at radius 1 is 0.571 bits per heavy atom. The Hall–Kier alpha value is -1.36. The molecule has 0 bridgehead atoms. The minimum Gasteiger partial charge on any atom is -0.356 e. The van der Waals surface area contributed by atoms with Crippen LogP contribution in [-0.2, 0) is 34.1 Å². The zero-order chi connectivity index (χ0) is 10.7. The van der Waals surface area contributed by atoms with Crippen LogP contribution in [0.15, 0.2) is 0 Å². The molecule has 0 saturated carbocycles. The summed E-state index contributed by atoms with van der Waals surface area (Å²) < 4.78 is 0. The van der Waals surface area contributed by atoms with E-state index in [4.69, 9.17) is 46.0 Å². The van der Waals surface area contributed by atoms with Gasteiger partial charge in [0.25, 0.3) is 0 Å². The first-order chi connectivity index (χ1) is 5.20. The summed E-state index contributed by atoms with van der Waals surface area (Å²) in [7, 11) is 0. The van der Waals surface area contributed by atoms with Gasteiger partial charge in [-0.15, -0.1) is 0 Å². The standard InChI is InChI=1S/Cu.Fe.3NO3/c;;3*2-1(3)4/q+2;;3*-1. The summed E-state index contributed by atoms with van der Waals surface area (Å²) in [5.74, 6) is 0. The summed E-state index contributed by atoms with van der Waals surface area (Å²) in [5.41, 5.74) is 0. The van der Waals surface area contributed by atoms with E-state index >= 15 is 0 Å². The van der Waals surface area contributed by atoms with Gasteiger partial charge in [0.15, 0.2) is 0 Å². The van der Waals surface area contributed by atoms with E-state index in [1.807, 2.05) is 0 Å². The van der Waals surface area contributed by atoms with Crippen LogP contribution < -0.4 is 0 Å². The second kappa shape index (κ2) is 22.6. The molecular weight excluding hydrogens is 305 g/mol. The van der Waals surface area contributed by atoms with Crippen LogP contribution in [0.25, 0.3) is 0 Å². The summed E-state index contributed by atoms with van der Waals surface area (Å²) in [4.78, 5) is 24.8. The van der Waals surface area contributed by atoms with E-state index in [0.717, 1.165) is 0 Å².